The van der Waals surface area contributed by atoms with Crippen molar-refractivity contribution < 1.29 is 60.6 Å². The summed E-state index contributed by atoms with van der Waals surface area (Å²) in [5.74, 6) is -4.72. The summed E-state index contributed by atoms with van der Waals surface area (Å²) in [6, 6.07) is 2.83. The maximum atomic E-state index is 13.5. The van der Waals surface area contributed by atoms with E-state index in [2.05, 4.69) is 45.6 Å². The summed E-state index contributed by atoms with van der Waals surface area (Å²) in [5.41, 5.74) is 8.75. The number of benzene rings is 1. The second-order valence-electron chi connectivity index (χ2n) is 13.9. The fourth-order valence-corrected chi connectivity index (χ4v) is 5.69. The highest BCUT2D eigenvalue weighted by molar-refractivity contribution is 5.72. The van der Waals surface area contributed by atoms with Gasteiger partial charge in [-0.3, -0.25) is 9.69 Å². The monoisotopic (exact) mass is 901 g/mol. The van der Waals surface area contributed by atoms with Crippen LogP contribution in [0.3, 0.4) is 0 Å². The normalized spacial score (nSPS) is 13.7. The van der Waals surface area contributed by atoms with Crippen LogP contribution in [0.15, 0.2) is 41.5 Å². The van der Waals surface area contributed by atoms with Gasteiger partial charge in [0, 0.05) is 76.8 Å². The van der Waals surface area contributed by atoms with Crippen molar-refractivity contribution in [2.75, 3.05) is 170 Å². The predicted octanol–water partition coefficient (Wildman–Crippen LogP) is 2.62. The number of halogens is 3. The molecular formula is C41H66F3N9O10. The molecule has 1 aliphatic heterocycles. The molecule has 4 N–H and O–H groups in total. The molecular weight excluding hydrogens is 835 g/mol. The number of nitrogens with zero attached hydrogens (tertiary/aromatic N) is 5. The Morgan fingerprint density at radius 1 is 0.714 bits per heavy atom. The van der Waals surface area contributed by atoms with Crippen LogP contribution >= 0.6 is 0 Å². The van der Waals surface area contributed by atoms with Gasteiger partial charge in [-0.05, 0) is 20.0 Å². The molecule has 2 aromatic rings. The molecule has 1 aliphatic rings. The first kappa shape index (κ1) is 53.4. The average molecular weight is 902 g/mol. The van der Waals surface area contributed by atoms with E-state index in [9.17, 15) is 18.0 Å². The smallest absolute Gasteiger partial charge is 0.313 e. The van der Waals surface area contributed by atoms with Crippen LogP contribution < -0.4 is 20.7 Å². The lowest BCUT2D eigenvalue weighted by Gasteiger charge is -2.34. The van der Waals surface area contributed by atoms with Gasteiger partial charge in [0.25, 0.3) is 0 Å². The quantitative estimate of drug-likeness (QED) is 0.0330. The zero-order valence-corrected chi connectivity index (χ0v) is 36.4. The summed E-state index contributed by atoms with van der Waals surface area (Å²) in [4.78, 5) is 25.2. The molecule has 0 amide bonds. The van der Waals surface area contributed by atoms with Crippen LogP contribution in [-0.4, -0.2) is 191 Å². The number of hydrogen-bond acceptors (Lipinski definition) is 19. The second-order valence-corrected chi connectivity index (χ2v) is 13.9. The minimum Gasteiger partial charge on any atom is -0.420 e. The van der Waals surface area contributed by atoms with Crippen molar-refractivity contribution >= 4 is 11.8 Å². The van der Waals surface area contributed by atoms with Crippen molar-refractivity contribution in [2.24, 2.45) is 5.11 Å². The van der Waals surface area contributed by atoms with E-state index in [1.165, 1.54) is 0 Å². The van der Waals surface area contributed by atoms with E-state index in [1.807, 2.05) is 13.1 Å². The molecule has 19 nitrogen and oxygen atoms in total. The van der Waals surface area contributed by atoms with Gasteiger partial charge in [-0.15, -0.1) is 0 Å². The van der Waals surface area contributed by atoms with E-state index in [0.717, 1.165) is 70.3 Å². The van der Waals surface area contributed by atoms with Gasteiger partial charge < -0.3 is 63.5 Å². The van der Waals surface area contributed by atoms with Gasteiger partial charge in [0.1, 0.15) is 23.7 Å². The largest absolute Gasteiger partial charge is 0.420 e. The molecule has 0 saturated carbocycles. The Labute approximate surface area is 368 Å². The van der Waals surface area contributed by atoms with Gasteiger partial charge in [0.05, 0.1) is 118 Å². The zero-order valence-electron chi connectivity index (χ0n) is 36.4. The molecule has 2 heterocycles. The molecule has 1 saturated heterocycles. The number of hydrogen-bond donors (Lipinski definition) is 4. The Morgan fingerprint density at radius 2 is 1.25 bits per heavy atom. The van der Waals surface area contributed by atoms with Crippen LogP contribution in [0.4, 0.5) is 19.0 Å². The fourth-order valence-electron chi connectivity index (χ4n) is 5.69. The van der Waals surface area contributed by atoms with E-state index in [1.54, 1.807) is 12.5 Å². The van der Waals surface area contributed by atoms with Gasteiger partial charge in [-0.25, -0.2) is 28.7 Å². The molecule has 3 rings (SSSR count). The number of carbonyl (C=O) groups excluding carboxylic acids is 1. The van der Waals surface area contributed by atoms with E-state index < -0.39 is 29.2 Å². The summed E-state index contributed by atoms with van der Waals surface area (Å²) < 4.78 is 88.6. The third kappa shape index (κ3) is 26.4. The van der Waals surface area contributed by atoms with Gasteiger partial charge in [0.15, 0.2) is 11.6 Å². The van der Waals surface area contributed by atoms with Crippen molar-refractivity contribution in [3.63, 3.8) is 0 Å². The number of anilines is 1. The van der Waals surface area contributed by atoms with Crippen LogP contribution in [0, 0.1) is 23.0 Å². The molecule has 1 fully saturated rings. The first-order valence-corrected chi connectivity index (χ1v) is 21.3. The molecule has 0 aliphatic carbocycles. The number of piperazine rings is 1. The molecule has 0 spiro atoms. The average Bonchev–Trinajstić information content (AvgIpc) is 3.27. The standard InChI is InChI=1S/C41H66F3N9O10/c1-46-30-35-29-39(50-33-49-35)48-4-2-6-52-7-9-53(10-8-52)11-14-57-17-20-60-23-24-61-25-26-62-32-36(51-45)31-47-5-13-56-16-19-59-22-21-58-18-15-55-12-3-40(54)63-41-37(43)27-34(42)28-38(41)44/h27-29,31,33,45-47H,2-26,30,32H2,1H3,(H,48,49,50)/b36-31-,51-45?. The molecule has 1 aromatic heterocycles. The van der Waals surface area contributed by atoms with Crippen molar-refractivity contribution in [3.8, 4) is 5.75 Å². The summed E-state index contributed by atoms with van der Waals surface area (Å²) in [6.07, 6.45) is 4.02. The Balaban J connectivity index is 0.991. The van der Waals surface area contributed by atoms with Crippen LogP contribution in [0.1, 0.15) is 18.5 Å². The maximum Gasteiger partial charge on any atom is 0.313 e. The van der Waals surface area contributed by atoms with Crippen molar-refractivity contribution in [1.82, 2.24) is 30.4 Å². The van der Waals surface area contributed by atoms with Gasteiger partial charge in [-0.1, -0.05) is 0 Å². The van der Waals surface area contributed by atoms with E-state index >= 15 is 0 Å². The van der Waals surface area contributed by atoms with E-state index in [-0.39, 0.29) is 32.8 Å². The summed E-state index contributed by atoms with van der Waals surface area (Å²) in [6.45, 7) is 14.2. The number of ether oxygens (including phenoxy) is 9. The Bertz CT molecular complexity index is 1530. The van der Waals surface area contributed by atoms with E-state index in [4.69, 9.17) is 43.4 Å². The second kappa shape index (κ2) is 35.4. The number of carbonyl (C=O) groups is 1. The highest BCUT2D eigenvalue weighted by Crippen LogP contribution is 2.23. The Morgan fingerprint density at radius 3 is 1.84 bits per heavy atom. The topological polar surface area (TPSA) is 205 Å². The summed E-state index contributed by atoms with van der Waals surface area (Å²) in [7, 11) is 1.90. The van der Waals surface area contributed by atoms with Crippen LogP contribution in [0.2, 0.25) is 0 Å². The van der Waals surface area contributed by atoms with Crippen molar-refractivity contribution in [2.45, 2.75) is 19.4 Å². The fraction of sp³-hybridized carbons (Fsp3) is 0.683. The van der Waals surface area contributed by atoms with Crippen LogP contribution in [-0.2, 0) is 49.2 Å². The first-order valence-electron chi connectivity index (χ1n) is 21.3. The molecule has 63 heavy (non-hydrogen) atoms. The molecule has 0 unspecified atom stereocenters. The molecule has 0 atom stereocenters. The molecule has 0 radical (unpaired) electrons. The maximum absolute atomic E-state index is 13.5. The highest BCUT2D eigenvalue weighted by atomic mass is 19.1. The van der Waals surface area contributed by atoms with Gasteiger partial charge in [-0.2, -0.15) is 5.11 Å². The van der Waals surface area contributed by atoms with Gasteiger partial charge >= 0.3 is 5.97 Å². The molecule has 1 aromatic carbocycles. The first-order chi connectivity index (χ1) is 30.9. The molecule has 0 bridgehead atoms. The number of nitrogens with one attached hydrogen (secondary N) is 4. The Kier molecular flexibility index (Phi) is 30.0. The van der Waals surface area contributed by atoms with Gasteiger partial charge in [0.2, 0.25) is 5.75 Å². The predicted molar refractivity (Wildman–Crippen MR) is 225 cm³/mol. The highest BCUT2D eigenvalue weighted by Gasteiger charge is 2.17. The van der Waals surface area contributed by atoms with Crippen molar-refractivity contribution in [3.05, 3.63) is 59.6 Å². The number of aromatic nitrogens is 2. The number of esters is 1. The SMILES string of the molecule is CNCc1cc(NCCCN2CCN(CCOCCOCCOCCOC/C(=C/NCCOCCOCCOCCOCCC(=O)Oc3c(F)cc(F)cc3F)N=N)CC2)ncn1. The lowest BCUT2D eigenvalue weighted by atomic mass is 10.3. The number of rotatable bonds is 39. The summed E-state index contributed by atoms with van der Waals surface area (Å²) in [5, 5.41) is 13.0. The molecule has 22 heteroatoms. The summed E-state index contributed by atoms with van der Waals surface area (Å²) >= 11 is 0. The zero-order chi connectivity index (χ0) is 45.0. The minimum absolute atomic E-state index is 0.0458. The third-order valence-electron chi connectivity index (χ3n) is 8.97. The van der Waals surface area contributed by atoms with Crippen LogP contribution in [0.5, 0.6) is 5.75 Å². The molecule has 356 valence electrons. The Hall–Kier alpha value is -3.94. The lowest BCUT2D eigenvalue weighted by molar-refractivity contribution is -0.136. The van der Waals surface area contributed by atoms with E-state index in [0.29, 0.717) is 104 Å². The third-order valence-corrected chi connectivity index (χ3v) is 8.97. The van der Waals surface area contributed by atoms with Crippen molar-refractivity contribution in [1.29, 1.82) is 5.53 Å². The minimum atomic E-state index is -1.30. The lowest BCUT2D eigenvalue weighted by Crippen LogP contribution is -2.47. The van der Waals surface area contributed by atoms with Crippen LogP contribution in [0.25, 0.3) is 0 Å².